The van der Waals surface area contributed by atoms with Gasteiger partial charge >= 0.3 is 0 Å². The molecule has 0 heterocycles. The van der Waals surface area contributed by atoms with Crippen LogP contribution in [0, 0.1) is 0 Å². The third kappa shape index (κ3) is 7.07. The number of aliphatic hydroxyl groups is 1. The molecule has 2 aromatic rings. The number of ether oxygens (including phenoxy) is 4. The summed E-state index contributed by atoms with van der Waals surface area (Å²) in [5, 5.41) is 12.8. The number of rotatable bonds is 11. The van der Waals surface area contributed by atoms with Crippen LogP contribution in [0.25, 0.3) is 0 Å². The number of aliphatic hydroxyl groups excluding tert-OH is 1. The highest BCUT2D eigenvalue weighted by Crippen LogP contribution is 2.36. The Hall–Kier alpha value is -3.46. The van der Waals surface area contributed by atoms with Crippen LogP contribution in [-0.4, -0.2) is 76.0 Å². The highest BCUT2D eigenvalue weighted by Gasteiger charge is 2.15. The minimum absolute atomic E-state index is 0.0273. The zero-order valence-electron chi connectivity index (χ0n) is 18.1. The number of para-hydroxylation sites is 1. The predicted octanol–water partition coefficient (Wildman–Crippen LogP) is 1.34. The number of methoxy groups -OCH3 is 2. The van der Waals surface area contributed by atoms with Gasteiger partial charge in [-0.3, -0.25) is 9.59 Å². The Morgan fingerprint density at radius 1 is 1.03 bits per heavy atom. The van der Waals surface area contributed by atoms with E-state index in [-0.39, 0.29) is 25.7 Å². The van der Waals surface area contributed by atoms with Crippen molar-refractivity contribution >= 4 is 11.8 Å². The Morgan fingerprint density at radius 3 is 2.29 bits per heavy atom. The highest BCUT2D eigenvalue weighted by molar-refractivity contribution is 5.94. The van der Waals surface area contributed by atoms with Crippen LogP contribution in [0.5, 0.6) is 23.0 Å². The van der Waals surface area contributed by atoms with E-state index < -0.39 is 12.0 Å². The molecule has 0 saturated carbocycles. The molecule has 0 aliphatic carbocycles. The normalized spacial score (nSPS) is 11.3. The largest absolute Gasteiger partial charge is 0.493 e. The van der Waals surface area contributed by atoms with Crippen molar-refractivity contribution in [2.75, 3.05) is 48.1 Å². The molecule has 9 heteroatoms. The van der Waals surface area contributed by atoms with Gasteiger partial charge in [0.1, 0.15) is 18.5 Å². The Balaban J connectivity index is 1.87. The summed E-state index contributed by atoms with van der Waals surface area (Å²) >= 11 is 0. The fourth-order valence-corrected chi connectivity index (χ4v) is 2.51. The lowest BCUT2D eigenvalue weighted by atomic mass is 10.2. The number of benzene rings is 2. The van der Waals surface area contributed by atoms with Crippen LogP contribution in [0.4, 0.5) is 0 Å². The summed E-state index contributed by atoms with van der Waals surface area (Å²) in [6, 6.07) is 11.6. The van der Waals surface area contributed by atoms with Gasteiger partial charge in [-0.25, -0.2) is 0 Å². The maximum absolute atomic E-state index is 12.4. The van der Waals surface area contributed by atoms with E-state index >= 15 is 0 Å². The second kappa shape index (κ2) is 11.7. The molecule has 2 amide bonds. The molecule has 0 saturated heterocycles. The molecule has 2 rings (SSSR count). The fourth-order valence-electron chi connectivity index (χ4n) is 2.51. The van der Waals surface area contributed by atoms with E-state index in [4.69, 9.17) is 18.9 Å². The number of carbonyl (C=O) groups excluding carboxylic acids is 2. The maximum atomic E-state index is 12.4. The average molecular weight is 432 g/mol. The summed E-state index contributed by atoms with van der Waals surface area (Å²) < 4.78 is 21.5. The Morgan fingerprint density at radius 2 is 1.68 bits per heavy atom. The van der Waals surface area contributed by atoms with Gasteiger partial charge in [-0.1, -0.05) is 12.1 Å². The minimum atomic E-state index is -0.962. The van der Waals surface area contributed by atoms with Crippen molar-refractivity contribution in [1.29, 1.82) is 0 Å². The van der Waals surface area contributed by atoms with Crippen LogP contribution in [-0.2, 0) is 4.79 Å². The summed E-state index contributed by atoms with van der Waals surface area (Å²) in [6.07, 6.45) is -0.962. The molecule has 0 aliphatic rings. The first-order valence-electron chi connectivity index (χ1n) is 9.58. The number of carbonyl (C=O) groups is 2. The molecule has 2 N–H and O–H groups in total. The smallest absolute Gasteiger partial charge is 0.259 e. The Bertz CT molecular complexity index is 864. The molecule has 0 bridgehead atoms. The van der Waals surface area contributed by atoms with Gasteiger partial charge in [-0.2, -0.15) is 0 Å². The lowest BCUT2D eigenvalue weighted by Crippen LogP contribution is -2.35. The van der Waals surface area contributed by atoms with Crippen molar-refractivity contribution in [2.24, 2.45) is 0 Å². The van der Waals surface area contributed by atoms with E-state index in [1.54, 1.807) is 50.5 Å². The summed E-state index contributed by atoms with van der Waals surface area (Å²) in [5.74, 6) is 1.13. The standard InChI is InChI=1S/C22H28N2O7/c1-24(2)20(26)14-30-17-8-5-7-15(11-17)22(27)23-12-16(25)13-31-21-18(28-3)9-6-10-19(21)29-4/h5-11,16,25H,12-14H2,1-4H3,(H,23,27). The van der Waals surface area contributed by atoms with Gasteiger partial charge in [0, 0.05) is 26.2 Å². The van der Waals surface area contributed by atoms with E-state index in [0.717, 1.165) is 0 Å². The number of hydrogen-bond acceptors (Lipinski definition) is 7. The third-order valence-electron chi connectivity index (χ3n) is 4.26. The number of nitrogens with one attached hydrogen (secondary N) is 1. The van der Waals surface area contributed by atoms with Crippen LogP contribution in [0.1, 0.15) is 10.4 Å². The lowest BCUT2D eigenvalue weighted by Gasteiger charge is -2.17. The van der Waals surface area contributed by atoms with Gasteiger partial charge in [0.25, 0.3) is 11.8 Å². The SMILES string of the molecule is COc1cccc(OC)c1OCC(O)CNC(=O)c1cccc(OCC(=O)N(C)C)c1. The zero-order chi connectivity index (χ0) is 22.8. The quantitative estimate of drug-likeness (QED) is 0.552. The number of likely N-dealkylation sites (N-methyl/N-ethyl adjacent to an activating group) is 1. The van der Waals surface area contributed by atoms with Crippen LogP contribution in [0.15, 0.2) is 42.5 Å². The molecule has 1 unspecified atom stereocenters. The monoisotopic (exact) mass is 432 g/mol. The van der Waals surface area contributed by atoms with Crippen molar-refractivity contribution in [3.63, 3.8) is 0 Å². The molecule has 9 nitrogen and oxygen atoms in total. The highest BCUT2D eigenvalue weighted by atomic mass is 16.5. The topological polar surface area (TPSA) is 107 Å². The van der Waals surface area contributed by atoms with Crippen LogP contribution >= 0.6 is 0 Å². The number of nitrogens with zero attached hydrogens (tertiary/aromatic N) is 1. The molecular formula is C22H28N2O7. The van der Waals surface area contributed by atoms with E-state index in [2.05, 4.69) is 5.32 Å². The molecule has 0 spiro atoms. The van der Waals surface area contributed by atoms with Crippen LogP contribution < -0.4 is 24.3 Å². The molecule has 0 fully saturated rings. The molecule has 0 aliphatic heterocycles. The van der Waals surface area contributed by atoms with E-state index in [1.165, 1.54) is 25.2 Å². The van der Waals surface area contributed by atoms with Crippen molar-refractivity contribution in [2.45, 2.75) is 6.10 Å². The minimum Gasteiger partial charge on any atom is -0.493 e. The van der Waals surface area contributed by atoms with E-state index in [0.29, 0.717) is 28.6 Å². The van der Waals surface area contributed by atoms with Gasteiger partial charge in [-0.15, -0.1) is 0 Å². The molecule has 0 radical (unpaired) electrons. The van der Waals surface area contributed by atoms with Crippen molar-refractivity contribution in [1.82, 2.24) is 10.2 Å². The Kier molecular flexibility index (Phi) is 8.95. The number of hydrogen-bond donors (Lipinski definition) is 2. The van der Waals surface area contributed by atoms with Crippen molar-refractivity contribution in [3.8, 4) is 23.0 Å². The summed E-state index contributed by atoms with van der Waals surface area (Å²) in [4.78, 5) is 25.4. The van der Waals surface area contributed by atoms with Gasteiger partial charge in [0.05, 0.1) is 14.2 Å². The predicted molar refractivity (Wildman–Crippen MR) is 114 cm³/mol. The van der Waals surface area contributed by atoms with Crippen molar-refractivity contribution < 1.29 is 33.6 Å². The van der Waals surface area contributed by atoms with Gasteiger partial charge < -0.3 is 34.3 Å². The maximum Gasteiger partial charge on any atom is 0.259 e. The zero-order valence-corrected chi connectivity index (χ0v) is 18.1. The second-order valence-electron chi connectivity index (χ2n) is 6.77. The lowest BCUT2D eigenvalue weighted by molar-refractivity contribution is -0.130. The van der Waals surface area contributed by atoms with Crippen molar-refractivity contribution in [3.05, 3.63) is 48.0 Å². The summed E-state index contributed by atoms with van der Waals surface area (Å²) in [5.41, 5.74) is 0.342. The fraction of sp³-hybridized carbons (Fsp3) is 0.364. The third-order valence-corrected chi connectivity index (χ3v) is 4.26. The van der Waals surface area contributed by atoms with Gasteiger partial charge in [-0.05, 0) is 30.3 Å². The first kappa shape index (κ1) is 23.8. The first-order valence-corrected chi connectivity index (χ1v) is 9.58. The molecule has 168 valence electrons. The van der Waals surface area contributed by atoms with Gasteiger partial charge in [0.15, 0.2) is 18.1 Å². The average Bonchev–Trinajstić information content (AvgIpc) is 2.79. The molecular weight excluding hydrogens is 404 g/mol. The van der Waals surface area contributed by atoms with E-state index in [9.17, 15) is 14.7 Å². The summed E-state index contributed by atoms with van der Waals surface area (Å²) in [7, 11) is 6.28. The first-order chi connectivity index (χ1) is 14.8. The molecule has 2 aromatic carbocycles. The Labute approximate surface area is 181 Å². The second-order valence-corrected chi connectivity index (χ2v) is 6.77. The molecule has 1 atom stereocenters. The molecule has 0 aromatic heterocycles. The van der Waals surface area contributed by atoms with Crippen LogP contribution in [0.3, 0.4) is 0 Å². The van der Waals surface area contributed by atoms with Crippen LogP contribution in [0.2, 0.25) is 0 Å². The van der Waals surface area contributed by atoms with Gasteiger partial charge in [0.2, 0.25) is 5.75 Å². The van der Waals surface area contributed by atoms with E-state index in [1.807, 2.05) is 0 Å². The number of amides is 2. The summed E-state index contributed by atoms with van der Waals surface area (Å²) in [6.45, 7) is -0.228. The molecule has 31 heavy (non-hydrogen) atoms.